The number of anilines is 1. The maximum atomic E-state index is 12.8. The number of piperidine rings is 1. The minimum absolute atomic E-state index is 0.0172. The van der Waals surface area contributed by atoms with Crippen LogP contribution in [-0.2, 0) is 6.54 Å². The van der Waals surface area contributed by atoms with Crippen LogP contribution < -0.4 is 10.2 Å². The first-order valence-corrected chi connectivity index (χ1v) is 11.1. The fourth-order valence-corrected chi connectivity index (χ4v) is 4.43. The van der Waals surface area contributed by atoms with Gasteiger partial charge in [-0.2, -0.15) is 5.26 Å². The lowest BCUT2D eigenvalue weighted by Gasteiger charge is -2.38. The van der Waals surface area contributed by atoms with E-state index in [0.29, 0.717) is 31.2 Å². The molecular weight excluding hydrogens is 388 g/mol. The molecule has 0 bridgehead atoms. The molecule has 4 rings (SSSR count). The molecular formula is C24H30N6O. The zero-order chi connectivity index (χ0) is 21.5. The Kier molecular flexibility index (Phi) is 7.00. The number of likely N-dealkylation sites (tertiary alicyclic amines) is 1. The molecule has 2 amide bonds. The lowest BCUT2D eigenvalue weighted by molar-refractivity contribution is 0.134. The van der Waals surface area contributed by atoms with Crippen molar-refractivity contribution in [2.24, 2.45) is 0 Å². The average Bonchev–Trinajstić information content (AvgIpc) is 2.84. The van der Waals surface area contributed by atoms with Gasteiger partial charge in [0.2, 0.25) is 0 Å². The van der Waals surface area contributed by atoms with Crippen LogP contribution in [0.25, 0.3) is 0 Å². The van der Waals surface area contributed by atoms with Gasteiger partial charge in [-0.05, 0) is 37.1 Å². The summed E-state index contributed by atoms with van der Waals surface area (Å²) in [7, 11) is 0. The molecule has 1 N–H and O–H groups in total. The van der Waals surface area contributed by atoms with Crippen LogP contribution in [0, 0.1) is 11.3 Å². The highest BCUT2D eigenvalue weighted by atomic mass is 16.2. The number of rotatable bonds is 5. The van der Waals surface area contributed by atoms with Gasteiger partial charge in [0.15, 0.2) is 0 Å². The van der Waals surface area contributed by atoms with Gasteiger partial charge in [0.05, 0.1) is 11.6 Å². The molecule has 2 fully saturated rings. The van der Waals surface area contributed by atoms with Crippen molar-refractivity contribution >= 4 is 11.8 Å². The van der Waals surface area contributed by atoms with Crippen molar-refractivity contribution in [3.05, 3.63) is 59.8 Å². The molecule has 162 valence electrons. The fraction of sp³-hybridized carbons (Fsp3) is 0.458. The van der Waals surface area contributed by atoms with E-state index in [1.807, 2.05) is 11.0 Å². The Morgan fingerprint density at radius 1 is 1.10 bits per heavy atom. The molecule has 0 saturated carbocycles. The van der Waals surface area contributed by atoms with Crippen molar-refractivity contribution < 1.29 is 4.79 Å². The highest BCUT2D eigenvalue weighted by molar-refractivity contribution is 5.74. The summed E-state index contributed by atoms with van der Waals surface area (Å²) in [4.78, 5) is 23.7. The van der Waals surface area contributed by atoms with Gasteiger partial charge in [-0.3, -0.25) is 4.90 Å². The number of aromatic nitrogens is 1. The summed E-state index contributed by atoms with van der Waals surface area (Å²) in [5.41, 5.74) is 1.93. The van der Waals surface area contributed by atoms with E-state index in [4.69, 9.17) is 5.26 Å². The first kappa shape index (κ1) is 21.1. The maximum absolute atomic E-state index is 12.8. The van der Waals surface area contributed by atoms with Gasteiger partial charge < -0.3 is 15.1 Å². The SMILES string of the molecule is N#Cc1ccnc(N2CCN(C(=O)NCC3CCCCN3Cc3ccccc3)CC2)c1. The normalized spacial score (nSPS) is 19.6. The number of carbonyl (C=O) groups excluding carboxylic acids is 1. The predicted molar refractivity (Wildman–Crippen MR) is 121 cm³/mol. The Morgan fingerprint density at radius 3 is 2.68 bits per heavy atom. The molecule has 7 heteroatoms. The van der Waals surface area contributed by atoms with E-state index in [2.05, 4.69) is 50.4 Å². The third-order valence-electron chi connectivity index (χ3n) is 6.23. The van der Waals surface area contributed by atoms with Crippen LogP contribution in [-0.4, -0.2) is 66.1 Å². The molecule has 1 atom stereocenters. The molecule has 2 aliphatic heterocycles. The minimum atomic E-state index is 0.0172. The molecule has 1 aromatic carbocycles. The van der Waals surface area contributed by atoms with Crippen LogP contribution in [0.1, 0.15) is 30.4 Å². The molecule has 2 saturated heterocycles. The number of pyridine rings is 1. The van der Waals surface area contributed by atoms with Crippen LogP contribution in [0.5, 0.6) is 0 Å². The van der Waals surface area contributed by atoms with Gasteiger partial charge in [0, 0.05) is 51.5 Å². The second kappa shape index (κ2) is 10.3. The number of hydrogen-bond donors (Lipinski definition) is 1. The van der Waals surface area contributed by atoms with Crippen molar-refractivity contribution in [2.75, 3.05) is 44.2 Å². The lowest BCUT2D eigenvalue weighted by atomic mass is 10.0. The molecule has 3 heterocycles. The number of nitrogens with one attached hydrogen (secondary N) is 1. The van der Waals surface area contributed by atoms with Gasteiger partial charge in [0.25, 0.3) is 0 Å². The van der Waals surface area contributed by atoms with Gasteiger partial charge in [-0.25, -0.2) is 9.78 Å². The zero-order valence-corrected chi connectivity index (χ0v) is 17.9. The quantitative estimate of drug-likeness (QED) is 0.808. The van der Waals surface area contributed by atoms with E-state index in [9.17, 15) is 4.79 Å². The molecule has 1 unspecified atom stereocenters. The number of piperazine rings is 1. The molecule has 1 aromatic heterocycles. The summed E-state index contributed by atoms with van der Waals surface area (Å²) in [6.45, 7) is 5.47. The van der Waals surface area contributed by atoms with Crippen LogP contribution in [0.3, 0.4) is 0 Å². The second-order valence-electron chi connectivity index (χ2n) is 8.28. The second-order valence-corrected chi connectivity index (χ2v) is 8.28. The molecule has 0 radical (unpaired) electrons. The fourth-order valence-electron chi connectivity index (χ4n) is 4.43. The van der Waals surface area contributed by atoms with Gasteiger partial charge >= 0.3 is 6.03 Å². The van der Waals surface area contributed by atoms with Gasteiger partial charge in [-0.15, -0.1) is 0 Å². The van der Waals surface area contributed by atoms with Crippen LogP contribution in [0.4, 0.5) is 10.6 Å². The topological polar surface area (TPSA) is 75.5 Å². The molecule has 2 aliphatic rings. The molecule has 7 nitrogen and oxygen atoms in total. The Bertz CT molecular complexity index is 904. The highest BCUT2D eigenvalue weighted by Gasteiger charge is 2.26. The summed E-state index contributed by atoms with van der Waals surface area (Å²) in [5, 5.41) is 12.3. The van der Waals surface area contributed by atoms with E-state index in [1.165, 1.54) is 18.4 Å². The van der Waals surface area contributed by atoms with Crippen LogP contribution in [0.15, 0.2) is 48.7 Å². The van der Waals surface area contributed by atoms with Crippen molar-refractivity contribution in [1.29, 1.82) is 5.26 Å². The first-order valence-electron chi connectivity index (χ1n) is 11.1. The molecule has 0 aliphatic carbocycles. The summed E-state index contributed by atoms with van der Waals surface area (Å²) in [5.74, 6) is 0.804. The number of benzene rings is 1. The van der Waals surface area contributed by atoms with E-state index >= 15 is 0 Å². The van der Waals surface area contributed by atoms with Crippen LogP contribution in [0.2, 0.25) is 0 Å². The number of urea groups is 1. The smallest absolute Gasteiger partial charge is 0.317 e. The summed E-state index contributed by atoms with van der Waals surface area (Å²) >= 11 is 0. The van der Waals surface area contributed by atoms with E-state index in [-0.39, 0.29) is 6.03 Å². The Hall–Kier alpha value is -3.11. The summed E-state index contributed by atoms with van der Waals surface area (Å²) < 4.78 is 0. The third kappa shape index (κ3) is 5.53. The van der Waals surface area contributed by atoms with Crippen molar-refractivity contribution in [3.8, 4) is 6.07 Å². The Morgan fingerprint density at radius 2 is 1.90 bits per heavy atom. The minimum Gasteiger partial charge on any atom is -0.353 e. The largest absolute Gasteiger partial charge is 0.353 e. The van der Waals surface area contributed by atoms with Gasteiger partial charge in [-0.1, -0.05) is 36.8 Å². The Balaban J connectivity index is 1.26. The lowest BCUT2D eigenvalue weighted by Crippen LogP contribution is -2.54. The Labute approximate surface area is 184 Å². The standard InChI is InChI=1S/C24H30N6O/c25-17-21-9-10-26-23(16-21)28-12-14-29(15-13-28)24(31)27-18-22-8-4-5-11-30(22)19-20-6-2-1-3-7-20/h1-3,6-7,9-10,16,22H,4-5,8,11-15,18-19H2,(H,27,31). The van der Waals surface area contributed by atoms with E-state index < -0.39 is 0 Å². The average molecular weight is 419 g/mol. The zero-order valence-electron chi connectivity index (χ0n) is 17.9. The maximum Gasteiger partial charge on any atom is 0.317 e. The van der Waals surface area contributed by atoms with E-state index in [0.717, 1.165) is 38.4 Å². The summed E-state index contributed by atoms with van der Waals surface area (Å²) in [6, 6.07) is 16.6. The number of nitrogens with zero attached hydrogens (tertiary/aromatic N) is 5. The van der Waals surface area contributed by atoms with Crippen molar-refractivity contribution in [2.45, 2.75) is 31.8 Å². The monoisotopic (exact) mass is 418 g/mol. The molecule has 31 heavy (non-hydrogen) atoms. The van der Waals surface area contributed by atoms with Crippen molar-refractivity contribution in [3.63, 3.8) is 0 Å². The molecule has 0 spiro atoms. The number of nitriles is 1. The van der Waals surface area contributed by atoms with E-state index in [1.54, 1.807) is 18.3 Å². The number of hydrogen-bond acceptors (Lipinski definition) is 5. The van der Waals surface area contributed by atoms with Crippen LogP contribution >= 0.6 is 0 Å². The van der Waals surface area contributed by atoms with Gasteiger partial charge in [0.1, 0.15) is 5.82 Å². The predicted octanol–water partition coefficient (Wildman–Crippen LogP) is 2.84. The van der Waals surface area contributed by atoms with Crippen molar-refractivity contribution in [1.82, 2.24) is 20.1 Å². The molecule has 2 aromatic rings. The summed E-state index contributed by atoms with van der Waals surface area (Å²) in [6.07, 6.45) is 5.24. The third-order valence-corrected chi connectivity index (χ3v) is 6.23. The first-order chi connectivity index (χ1) is 15.2. The highest BCUT2D eigenvalue weighted by Crippen LogP contribution is 2.20. The number of amides is 2. The number of carbonyl (C=O) groups is 1.